The first-order valence-corrected chi connectivity index (χ1v) is 7.34. The first-order chi connectivity index (χ1) is 9.83. The van der Waals surface area contributed by atoms with Crippen LogP contribution in [0.15, 0.2) is 46.3 Å². The molecule has 0 atom stereocenters. The van der Waals surface area contributed by atoms with Crippen molar-refractivity contribution in [3.05, 3.63) is 58.0 Å². The van der Waals surface area contributed by atoms with E-state index in [0.29, 0.717) is 0 Å². The molecule has 1 aromatic heterocycles. The van der Waals surface area contributed by atoms with Crippen LogP contribution in [0.3, 0.4) is 0 Å². The highest BCUT2D eigenvalue weighted by molar-refractivity contribution is 7.92. The highest BCUT2D eigenvalue weighted by Crippen LogP contribution is 2.21. The molecule has 8 heteroatoms. The topological polar surface area (TPSA) is 116 Å². The fourth-order valence-corrected chi connectivity index (χ4v) is 2.97. The normalized spacial score (nSPS) is 11.1. The molecule has 7 nitrogen and oxygen atoms in total. The predicted octanol–water partition coefficient (Wildman–Crippen LogP) is 1.18. The molecule has 0 aliphatic rings. The number of benzene rings is 1. The van der Waals surface area contributed by atoms with E-state index in [2.05, 4.69) is 9.71 Å². The van der Waals surface area contributed by atoms with Crippen LogP contribution in [-0.4, -0.2) is 24.5 Å². The Morgan fingerprint density at radius 2 is 2.00 bits per heavy atom. The molecular weight excluding hydrogens is 296 g/mol. The average Bonchev–Trinajstić information content (AvgIpc) is 2.41. The van der Waals surface area contributed by atoms with Crippen molar-refractivity contribution >= 4 is 21.7 Å². The number of carboxylic acid groups (broad SMARTS) is 1. The van der Waals surface area contributed by atoms with Gasteiger partial charge in [0.1, 0.15) is 0 Å². The Morgan fingerprint density at radius 3 is 2.62 bits per heavy atom. The molecule has 0 unspecified atom stereocenters. The van der Waals surface area contributed by atoms with Gasteiger partial charge in [0.25, 0.3) is 10.0 Å². The number of nitrogens with one attached hydrogen (secondary N) is 2. The van der Waals surface area contributed by atoms with E-state index in [1.165, 1.54) is 31.3 Å². The molecule has 0 aliphatic carbocycles. The Bertz CT molecular complexity index is 855. The summed E-state index contributed by atoms with van der Waals surface area (Å²) in [5.74, 6) is -1.16. The van der Waals surface area contributed by atoms with Gasteiger partial charge in [-0.1, -0.05) is 6.07 Å². The third kappa shape index (κ3) is 2.95. The summed E-state index contributed by atoms with van der Waals surface area (Å²) >= 11 is 0. The lowest BCUT2D eigenvalue weighted by Crippen LogP contribution is -2.21. The minimum Gasteiger partial charge on any atom is -0.478 e. The van der Waals surface area contributed by atoms with Crippen LogP contribution in [0.25, 0.3) is 0 Å². The Kier molecular flexibility index (Phi) is 3.81. The zero-order valence-corrected chi connectivity index (χ0v) is 11.8. The number of carboxylic acids is 1. The first-order valence-electron chi connectivity index (χ1n) is 5.86. The van der Waals surface area contributed by atoms with Gasteiger partial charge in [-0.25, -0.2) is 13.2 Å². The van der Waals surface area contributed by atoms with Crippen LogP contribution in [0.5, 0.6) is 0 Å². The maximum absolute atomic E-state index is 12.2. The predicted molar refractivity (Wildman–Crippen MR) is 76.0 cm³/mol. The smallest absolute Gasteiger partial charge is 0.336 e. The number of pyridine rings is 1. The van der Waals surface area contributed by atoms with Gasteiger partial charge in [0, 0.05) is 18.5 Å². The number of aromatic carboxylic acids is 1. The van der Waals surface area contributed by atoms with Gasteiger partial charge < -0.3 is 10.1 Å². The van der Waals surface area contributed by atoms with Crippen molar-refractivity contribution < 1.29 is 18.3 Å². The summed E-state index contributed by atoms with van der Waals surface area (Å²) in [4.78, 5) is 24.7. The van der Waals surface area contributed by atoms with Gasteiger partial charge in [0.15, 0.2) is 4.90 Å². The molecule has 0 amide bonds. The maximum Gasteiger partial charge on any atom is 0.336 e. The fraction of sp³-hybridized carbons (Fsp3) is 0.0769. The Hall–Kier alpha value is -2.61. The minimum atomic E-state index is -4.10. The van der Waals surface area contributed by atoms with Gasteiger partial charge in [-0.2, -0.15) is 0 Å². The van der Waals surface area contributed by atoms with Crippen LogP contribution in [0, 0.1) is 6.92 Å². The number of carbonyl (C=O) groups is 1. The highest BCUT2D eigenvalue weighted by Gasteiger charge is 2.20. The Labute approximate surface area is 120 Å². The maximum atomic E-state index is 12.2. The van der Waals surface area contributed by atoms with Gasteiger partial charge in [0.05, 0.1) is 11.3 Å². The number of aromatic amines is 1. The van der Waals surface area contributed by atoms with Gasteiger partial charge in [-0.05, 0) is 24.6 Å². The molecule has 0 saturated carbocycles. The molecule has 3 N–H and O–H groups in total. The van der Waals surface area contributed by atoms with Crippen molar-refractivity contribution in [1.82, 2.24) is 4.98 Å². The molecule has 2 aromatic rings. The molecule has 1 heterocycles. The van der Waals surface area contributed by atoms with Gasteiger partial charge in [0.2, 0.25) is 5.43 Å². The monoisotopic (exact) mass is 308 g/mol. The van der Waals surface area contributed by atoms with Crippen molar-refractivity contribution in [2.75, 3.05) is 4.72 Å². The van der Waals surface area contributed by atoms with Crippen molar-refractivity contribution in [1.29, 1.82) is 0 Å². The summed E-state index contributed by atoms with van der Waals surface area (Å²) in [5, 5.41) is 9.02. The van der Waals surface area contributed by atoms with Gasteiger partial charge in [-0.15, -0.1) is 0 Å². The van der Waals surface area contributed by atoms with E-state index < -0.39 is 26.3 Å². The van der Waals surface area contributed by atoms with Crippen molar-refractivity contribution in [2.45, 2.75) is 11.8 Å². The lowest BCUT2D eigenvalue weighted by atomic mass is 10.1. The summed E-state index contributed by atoms with van der Waals surface area (Å²) in [6.45, 7) is 1.48. The van der Waals surface area contributed by atoms with E-state index in [4.69, 9.17) is 5.11 Å². The van der Waals surface area contributed by atoms with Crippen LogP contribution >= 0.6 is 0 Å². The van der Waals surface area contributed by atoms with Gasteiger partial charge in [-0.3, -0.25) is 9.52 Å². The largest absolute Gasteiger partial charge is 0.478 e. The zero-order valence-electron chi connectivity index (χ0n) is 11.0. The zero-order chi connectivity index (χ0) is 15.6. The summed E-state index contributed by atoms with van der Waals surface area (Å²) in [6.07, 6.45) is 2.39. The standard InChI is InChI=1S/C13H12N2O5S/c1-8-9(13(17)18)3-2-4-10(8)15-21(19,20)12-7-14-6-5-11(12)16/h2-7,15H,1H3,(H,14,16)(H,17,18). The number of H-pyrrole nitrogens is 1. The quantitative estimate of drug-likeness (QED) is 0.784. The summed E-state index contributed by atoms with van der Waals surface area (Å²) in [5.41, 5.74) is -0.301. The highest BCUT2D eigenvalue weighted by atomic mass is 32.2. The average molecular weight is 308 g/mol. The van der Waals surface area contributed by atoms with E-state index in [1.54, 1.807) is 0 Å². The Morgan fingerprint density at radius 1 is 1.29 bits per heavy atom. The minimum absolute atomic E-state index is 0.0165. The summed E-state index contributed by atoms with van der Waals surface area (Å²) in [6, 6.07) is 5.31. The molecule has 0 saturated heterocycles. The van der Waals surface area contributed by atoms with E-state index in [-0.39, 0.29) is 16.8 Å². The molecule has 0 bridgehead atoms. The lowest BCUT2D eigenvalue weighted by molar-refractivity contribution is 0.0696. The van der Waals surface area contributed by atoms with Crippen LogP contribution in [0.1, 0.15) is 15.9 Å². The number of hydrogen-bond acceptors (Lipinski definition) is 4. The van der Waals surface area contributed by atoms with Crippen LogP contribution < -0.4 is 10.2 Å². The second-order valence-electron chi connectivity index (χ2n) is 4.26. The van der Waals surface area contributed by atoms with Crippen molar-refractivity contribution in [3.63, 3.8) is 0 Å². The molecule has 21 heavy (non-hydrogen) atoms. The van der Waals surface area contributed by atoms with Crippen LogP contribution in [0.4, 0.5) is 5.69 Å². The second kappa shape index (κ2) is 5.41. The van der Waals surface area contributed by atoms with Gasteiger partial charge >= 0.3 is 5.97 Å². The molecule has 2 rings (SSSR count). The fourth-order valence-electron chi connectivity index (χ4n) is 1.79. The van der Waals surface area contributed by atoms with E-state index >= 15 is 0 Å². The second-order valence-corrected chi connectivity index (χ2v) is 5.91. The van der Waals surface area contributed by atoms with Crippen molar-refractivity contribution in [2.24, 2.45) is 0 Å². The summed E-state index contributed by atoms with van der Waals surface area (Å²) < 4.78 is 26.6. The van der Waals surface area contributed by atoms with E-state index in [1.807, 2.05) is 0 Å². The molecule has 0 fully saturated rings. The third-order valence-corrected chi connectivity index (χ3v) is 4.27. The van der Waals surface area contributed by atoms with Crippen LogP contribution in [-0.2, 0) is 10.0 Å². The molecule has 1 aromatic carbocycles. The number of sulfonamides is 1. The SMILES string of the molecule is Cc1c(NS(=O)(=O)c2c[nH]ccc2=O)cccc1C(=O)O. The van der Waals surface area contributed by atoms with Crippen LogP contribution in [0.2, 0.25) is 0 Å². The number of hydrogen-bond donors (Lipinski definition) is 3. The van der Waals surface area contributed by atoms with E-state index in [9.17, 15) is 18.0 Å². The lowest BCUT2D eigenvalue weighted by Gasteiger charge is -2.11. The third-order valence-electron chi connectivity index (χ3n) is 2.89. The van der Waals surface area contributed by atoms with Crippen molar-refractivity contribution in [3.8, 4) is 0 Å². The summed E-state index contributed by atoms with van der Waals surface area (Å²) in [7, 11) is -4.10. The van der Waals surface area contributed by atoms with E-state index in [0.717, 1.165) is 12.3 Å². The number of anilines is 1. The molecule has 110 valence electrons. The molecule has 0 radical (unpaired) electrons. The molecule has 0 spiro atoms. The Balaban J connectivity index is 2.48. The number of aromatic nitrogens is 1. The molecule has 0 aliphatic heterocycles. The number of rotatable bonds is 4. The molecular formula is C13H12N2O5S. The first kappa shape index (κ1) is 14.8.